The highest BCUT2D eigenvalue weighted by molar-refractivity contribution is 5.97. The zero-order chi connectivity index (χ0) is 12.7. The molecule has 0 saturated carbocycles. The van der Waals surface area contributed by atoms with Crippen LogP contribution >= 0.6 is 0 Å². The number of carbonyl (C=O) groups is 1. The van der Waals surface area contributed by atoms with Gasteiger partial charge in [-0.1, -0.05) is 0 Å². The second kappa shape index (κ2) is 3.73. The Morgan fingerprint density at radius 2 is 2.24 bits per heavy atom. The quantitative estimate of drug-likeness (QED) is 0.456. The van der Waals surface area contributed by atoms with Crippen LogP contribution in [0.2, 0.25) is 0 Å². The Labute approximate surface area is 97.0 Å². The summed E-state index contributed by atoms with van der Waals surface area (Å²) in [6.45, 7) is 3.41. The number of cyclic esters (lactones) is 1. The van der Waals surface area contributed by atoms with Crippen LogP contribution in [-0.4, -0.2) is 22.1 Å². The molecular formula is C11H11NO5. The van der Waals surface area contributed by atoms with Crippen molar-refractivity contribution in [1.82, 2.24) is 0 Å². The monoisotopic (exact) mass is 237 g/mol. The van der Waals surface area contributed by atoms with E-state index in [9.17, 15) is 20.0 Å². The van der Waals surface area contributed by atoms with E-state index in [1.165, 1.54) is 6.07 Å². The molecule has 0 aromatic heterocycles. The van der Waals surface area contributed by atoms with E-state index in [1.807, 2.05) is 0 Å². The largest absolute Gasteiger partial charge is 0.501 e. The third-order valence-corrected chi connectivity index (χ3v) is 2.81. The lowest BCUT2D eigenvalue weighted by Crippen LogP contribution is -2.26. The van der Waals surface area contributed by atoms with Crippen LogP contribution in [0.5, 0.6) is 5.75 Å². The molecule has 0 bridgehead atoms. The number of carbonyl (C=O) groups excluding carboxylic acids is 1. The second-order valence-corrected chi connectivity index (χ2v) is 4.09. The molecule has 17 heavy (non-hydrogen) atoms. The first-order valence-electron chi connectivity index (χ1n) is 5.12. The number of aryl methyl sites for hydroxylation is 1. The molecule has 1 aromatic carbocycles. The maximum Gasteiger partial charge on any atom is 0.342 e. The number of phenolic OH excluding ortho intramolecular Hbond substituents is 1. The Bertz CT molecular complexity index is 523. The molecule has 1 aliphatic heterocycles. The van der Waals surface area contributed by atoms with Crippen LogP contribution in [0.3, 0.4) is 0 Å². The van der Waals surface area contributed by atoms with Crippen molar-refractivity contribution < 1.29 is 19.6 Å². The Balaban J connectivity index is 2.71. The first-order chi connectivity index (χ1) is 7.91. The van der Waals surface area contributed by atoms with E-state index in [1.54, 1.807) is 13.8 Å². The number of fused-ring (bicyclic) bond motifs is 1. The highest BCUT2D eigenvalue weighted by Gasteiger charge is 2.32. The van der Waals surface area contributed by atoms with Crippen molar-refractivity contribution in [2.24, 2.45) is 0 Å². The molecule has 1 heterocycles. The number of esters is 1. The van der Waals surface area contributed by atoms with E-state index in [-0.39, 0.29) is 11.7 Å². The molecule has 0 amide bonds. The SMILES string of the molecule is Cc1cc([N+](=O)[O-])c(O)c2c1C[C@@H](C)OC2=O. The van der Waals surface area contributed by atoms with Gasteiger partial charge in [-0.25, -0.2) is 4.79 Å². The van der Waals surface area contributed by atoms with Crippen LogP contribution in [-0.2, 0) is 11.2 Å². The van der Waals surface area contributed by atoms with Gasteiger partial charge in [0.15, 0.2) is 0 Å². The van der Waals surface area contributed by atoms with Gasteiger partial charge in [-0.05, 0) is 25.0 Å². The second-order valence-electron chi connectivity index (χ2n) is 4.09. The summed E-state index contributed by atoms with van der Waals surface area (Å²) in [5.74, 6) is -1.31. The Kier molecular flexibility index (Phi) is 2.49. The van der Waals surface area contributed by atoms with Crippen molar-refractivity contribution in [3.05, 3.63) is 32.9 Å². The number of nitro groups is 1. The summed E-state index contributed by atoms with van der Waals surface area (Å²) >= 11 is 0. The van der Waals surface area contributed by atoms with Gasteiger partial charge in [0.05, 0.1) is 4.92 Å². The van der Waals surface area contributed by atoms with Crippen LogP contribution in [0.4, 0.5) is 5.69 Å². The summed E-state index contributed by atoms with van der Waals surface area (Å²) in [4.78, 5) is 21.6. The van der Waals surface area contributed by atoms with Gasteiger partial charge in [-0.15, -0.1) is 0 Å². The average Bonchev–Trinajstić information content (AvgIpc) is 2.21. The van der Waals surface area contributed by atoms with Crippen LogP contribution in [0.15, 0.2) is 6.07 Å². The van der Waals surface area contributed by atoms with E-state index in [4.69, 9.17) is 4.74 Å². The molecule has 1 atom stereocenters. The van der Waals surface area contributed by atoms with Gasteiger partial charge in [0.1, 0.15) is 11.7 Å². The van der Waals surface area contributed by atoms with Crippen molar-refractivity contribution in [1.29, 1.82) is 0 Å². The Morgan fingerprint density at radius 1 is 1.59 bits per heavy atom. The van der Waals surface area contributed by atoms with Gasteiger partial charge in [0.2, 0.25) is 5.75 Å². The highest BCUT2D eigenvalue weighted by atomic mass is 16.6. The lowest BCUT2D eigenvalue weighted by atomic mass is 9.93. The smallest absolute Gasteiger partial charge is 0.342 e. The number of phenols is 1. The predicted octanol–water partition coefficient (Wildman–Crippen LogP) is 1.71. The normalized spacial score (nSPS) is 18.5. The number of ether oxygens (including phenoxy) is 1. The van der Waals surface area contributed by atoms with E-state index in [0.29, 0.717) is 17.5 Å². The standard InChI is InChI=1S/C11H11NO5/c1-5-3-8(12(15)16)10(13)9-7(5)4-6(2)17-11(9)14/h3,6,13H,4H2,1-2H3/t6-/m1/s1. The maximum absolute atomic E-state index is 11.6. The van der Waals surface area contributed by atoms with Crippen LogP contribution < -0.4 is 0 Å². The number of hydrogen-bond donors (Lipinski definition) is 1. The molecule has 2 rings (SSSR count). The third kappa shape index (κ3) is 1.71. The molecule has 0 radical (unpaired) electrons. The van der Waals surface area contributed by atoms with Gasteiger partial charge in [-0.2, -0.15) is 0 Å². The Morgan fingerprint density at radius 3 is 2.82 bits per heavy atom. The average molecular weight is 237 g/mol. The minimum Gasteiger partial charge on any atom is -0.501 e. The topological polar surface area (TPSA) is 89.7 Å². The van der Waals surface area contributed by atoms with Crippen LogP contribution in [0, 0.1) is 17.0 Å². The molecule has 1 aromatic rings. The summed E-state index contributed by atoms with van der Waals surface area (Å²) in [5, 5.41) is 20.5. The number of aromatic hydroxyl groups is 1. The van der Waals surface area contributed by atoms with Crippen molar-refractivity contribution in [2.45, 2.75) is 26.4 Å². The lowest BCUT2D eigenvalue weighted by Gasteiger charge is -2.23. The zero-order valence-electron chi connectivity index (χ0n) is 9.39. The molecule has 0 fully saturated rings. The molecule has 6 nitrogen and oxygen atoms in total. The highest BCUT2D eigenvalue weighted by Crippen LogP contribution is 2.37. The number of nitro benzene ring substituents is 1. The molecule has 1 N–H and O–H groups in total. The minimum absolute atomic E-state index is 0.0743. The predicted molar refractivity (Wildman–Crippen MR) is 58.1 cm³/mol. The van der Waals surface area contributed by atoms with Crippen molar-refractivity contribution in [3.8, 4) is 5.75 Å². The van der Waals surface area contributed by atoms with Gasteiger partial charge < -0.3 is 9.84 Å². The summed E-state index contributed by atoms with van der Waals surface area (Å²) in [6.07, 6.45) is 0.174. The number of benzene rings is 1. The molecule has 6 heteroatoms. The maximum atomic E-state index is 11.6. The minimum atomic E-state index is -0.714. The van der Waals surface area contributed by atoms with Gasteiger partial charge >= 0.3 is 11.7 Å². The summed E-state index contributed by atoms with van der Waals surface area (Å²) in [7, 11) is 0. The van der Waals surface area contributed by atoms with Crippen LogP contribution in [0.1, 0.15) is 28.4 Å². The summed E-state index contributed by atoms with van der Waals surface area (Å²) in [6, 6.07) is 1.28. The van der Waals surface area contributed by atoms with Crippen molar-refractivity contribution in [3.63, 3.8) is 0 Å². The van der Waals surface area contributed by atoms with Crippen molar-refractivity contribution in [2.75, 3.05) is 0 Å². The summed E-state index contributed by atoms with van der Waals surface area (Å²) < 4.78 is 4.96. The number of rotatable bonds is 1. The van der Waals surface area contributed by atoms with Crippen molar-refractivity contribution >= 4 is 11.7 Å². The molecule has 0 spiro atoms. The lowest BCUT2D eigenvalue weighted by molar-refractivity contribution is -0.386. The van der Waals surface area contributed by atoms with Crippen LogP contribution in [0.25, 0.3) is 0 Å². The molecule has 0 saturated heterocycles. The fraction of sp³-hybridized carbons (Fsp3) is 0.364. The zero-order valence-corrected chi connectivity index (χ0v) is 9.39. The molecule has 1 aliphatic rings. The number of hydrogen-bond acceptors (Lipinski definition) is 5. The fourth-order valence-electron chi connectivity index (χ4n) is 2.02. The van der Waals surface area contributed by atoms with Gasteiger partial charge in [0, 0.05) is 12.5 Å². The van der Waals surface area contributed by atoms with Gasteiger partial charge in [0.25, 0.3) is 0 Å². The van der Waals surface area contributed by atoms with E-state index in [0.717, 1.165) is 0 Å². The molecule has 90 valence electrons. The van der Waals surface area contributed by atoms with E-state index < -0.39 is 22.3 Å². The van der Waals surface area contributed by atoms with Gasteiger partial charge in [-0.3, -0.25) is 10.1 Å². The van der Waals surface area contributed by atoms with E-state index in [2.05, 4.69) is 0 Å². The molecular weight excluding hydrogens is 226 g/mol. The molecule has 0 unspecified atom stereocenters. The fourth-order valence-corrected chi connectivity index (χ4v) is 2.02. The number of nitrogens with zero attached hydrogens (tertiary/aromatic N) is 1. The molecule has 0 aliphatic carbocycles. The third-order valence-electron chi connectivity index (χ3n) is 2.81. The first-order valence-corrected chi connectivity index (χ1v) is 5.12. The first kappa shape index (κ1) is 11.4. The Hall–Kier alpha value is -2.11. The summed E-state index contributed by atoms with van der Waals surface area (Å²) in [5.41, 5.74) is 0.701. The van der Waals surface area contributed by atoms with E-state index >= 15 is 0 Å².